The number of benzene rings is 2. The van der Waals surface area contributed by atoms with E-state index in [4.69, 9.17) is 9.84 Å². The van der Waals surface area contributed by atoms with Gasteiger partial charge >= 0.3 is 5.97 Å². The molecule has 150 valence electrons. The van der Waals surface area contributed by atoms with Gasteiger partial charge in [-0.15, -0.1) is 0 Å². The average molecular weight is 384 g/mol. The Hall–Kier alpha value is -3.02. The van der Waals surface area contributed by atoms with Crippen LogP contribution in [0.15, 0.2) is 30.3 Å². The van der Waals surface area contributed by atoms with E-state index in [0.29, 0.717) is 12.3 Å². The number of ether oxygens (including phenoxy) is 1. The van der Waals surface area contributed by atoms with Crippen LogP contribution in [-0.4, -0.2) is 23.5 Å². The van der Waals surface area contributed by atoms with Crippen LogP contribution >= 0.6 is 0 Å². The van der Waals surface area contributed by atoms with Gasteiger partial charge in [0.2, 0.25) is 5.91 Å². The monoisotopic (exact) mass is 384 g/mol. The van der Waals surface area contributed by atoms with E-state index in [0.717, 1.165) is 41.1 Å². The summed E-state index contributed by atoms with van der Waals surface area (Å²) < 4.78 is 6.06. The molecule has 0 saturated carbocycles. The molecule has 0 unspecified atom stereocenters. The maximum atomic E-state index is 11.7. The van der Waals surface area contributed by atoms with Crippen molar-refractivity contribution in [1.29, 1.82) is 0 Å². The number of aliphatic carboxylic acids is 1. The highest BCUT2D eigenvalue weighted by Gasteiger charge is 2.11. The second-order valence-corrected chi connectivity index (χ2v) is 6.98. The van der Waals surface area contributed by atoms with Crippen molar-refractivity contribution in [3.63, 3.8) is 0 Å². The molecule has 2 aromatic carbocycles. The van der Waals surface area contributed by atoms with Crippen LogP contribution in [0, 0.1) is 20.8 Å². The van der Waals surface area contributed by atoms with E-state index < -0.39 is 18.3 Å². The molecule has 0 heterocycles. The van der Waals surface area contributed by atoms with Crippen LogP contribution in [0.2, 0.25) is 0 Å². The summed E-state index contributed by atoms with van der Waals surface area (Å²) in [5.74, 6) is -0.940. The SMILES string of the molecule is CCCNc1cc(C)cc(COc2c(C)cc(NC(=O)CC(=O)O)cc2C)c1. The first-order valence-corrected chi connectivity index (χ1v) is 9.38. The number of carbonyl (C=O) groups is 2. The largest absolute Gasteiger partial charge is 0.488 e. The van der Waals surface area contributed by atoms with Crippen LogP contribution in [-0.2, 0) is 16.2 Å². The van der Waals surface area contributed by atoms with E-state index in [2.05, 4.69) is 42.7 Å². The van der Waals surface area contributed by atoms with Gasteiger partial charge in [-0.05, 0) is 73.7 Å². The molecule has 0 aliphatic rings. The lowest BCUT2D eigenvalue weighted by atomic mass is 10.1. The van der Waals surface area contributed by atoms with Gasteiger partial charge in [-0.2, -0.15) is 0 Å². The van der Waals surface area contributed by atoms with Crippen molar-refractivity contribution in [1.82, 2.24) is 0 Å². The van der Waals surface area contributed by atoms with Crippen molar-refractivity contribution in [3.05, 3.63) is 52.6 Å². The molecule has 0 bridgehead atoms. The Morgan fingerprint density at radius 2 is 1.68 bits per heavy atom. The number of aryl methyl sites for hydroxylation is 3. The molecule has 0 aliphatic carbocycles. The van der Waals surface area contributed by atoms with Crippen molar-refractivity contribution in [2.24, 2.45) is 0 Å². The zero-order valence-corrected chi connectivity index (χ0v) is 16.9. The zero-order valence-electron chi connectivity index (χ0n) is 16.9. The van der Waals surface area contributed by atoms with E-state index in [-0.39, 0.29) is 0 Å². The van der Waals surface area contributed by atoms with Gasteiger partial charge in [0.05, 0.1) is 0 Å². The molecule has 3 N–H and O–H groups in total. The molecule has 6 heteroatoms. The predicted molar refractivity (Wildman–Crippen MR) is 111 cm³/mol. The molecule has 0 radical (unpaired) electrons. The third kappa shape index (κ3) is 6.30. The van der Waals surface area contributed by atoms with Gasteiger partial charge in [0, 0.05) is 17.9 Å². The van der Waals surface area contributed by atoms with Crippen molar-refractivity contribution in [2.45, 2.75) is 47.1 Å². The summed E-state index contributed by atoms with van der Waals surface area (Å²) in [6, 6.07) is 9.87. The summed E-state index contributed by atoms with van der Waals surface area (Å²) in [6.07, 6.45) is 0.506. The minimum atomic E-state index is -1.16. The summed E-state index contributed by atoms with van der Waals surface area (Å²) in [5.41, 5.74) is 5.66. The summed E-state index contributed by atoms with van der Waals surface area (Å²) in [4.78, 5) is 22.3. The second kappa shape index (κ2) is 9.78. The third-order valence-electron chi connectivity index (χ3n) is 4.16. The van der Waals surface area contributed by atoms with Crippen molar-refractivity contribution in [3.8, 4) is 5.75 Å². The predicted octanol–water partition coefficient (Wildman–Crippen LogP) is 4.43. The highest BCUT2D eigenvalue weighted by molar-refractivity contribution is 6.01. The number of carboxylic acids is 1. The Labute approximate surface area is 165 Å². The average Bonchev–Trinajstić information content (AvgIpc) is 2.58. The van der Waals surface area contributed by atoms with Gasteiger partial charge in [0.15, 0.2) is 0 Å². The zero-order chi connectivity index (χ0) is 20.7. The Morgan fingerprint density at radius 1 is 1.00 bits per heavy atom. The Bertz CT molecular complexity index is 839. The smallest absolute Gasteiger partial charge is 0.312 e. The summed E-state index contributed by atoms with van der Waals surface area (Å²) >= 11 is 0. The number of anilines is 2. The van der Waals surface area contributed by atoms with E-state index in [1.165, 1.54) is 5.56 Å². The van der Waals surface area contributed by atoms with Gasteiger partial charge < -0.3 is 20.5 Å². The minimum absolute atomic E-state index is 0.439. The number of carboxylic acid groups (broad SMARTS) is 1. The number of hydrogen-bond donors (Lipinski definition) is 3. The second-order valence-electron chi connectivity index (χ2n) is 6.98. The highest BCUT2D eigenvalue weighted by Crippen LogP contribution is 2.28. The quantitative estimate of drug-likeness (QED) is 0.557. The maximum absolute atomic E-state index is 11.7. The molecule has 2 rings (SSSR count). The van der Waals surface area contributed by atoms with Crippen LogP contribution in [0.25, 0.3) is 0 Å². The van der Waals surface area contributed by atoms with Gasteiger partial charge in [0.1, 0.15) is 18.8 Å². The molecule has 28 heavy (non-hydrogen) atoms. The van der Waals surface area contributed by atoms with Crippen LogP contribution < -0.4 is 15.4 Å². The number of hydrogen-bond acceptors (Lipinski definition) is 4. The highest BCUT2D eigenvalue weighted by atomic mass is 16.5. The number of carbonyl (C=O) groups excluding carboxylic acids is 1. The Morgan fingerprint density at radius 3 is 2.29 bits per heavy atom. The molecule has 2 aromatic rings. The van der Waals surface area contributed by atoms with Gasteiger partial charge in [0.25, 0.3) is 0 Å². The lowest BCUT2D eigenvalue weighted by molar-refractivity contribution is -0.139. The first-order chi connectivity index (χ1) is 13.3. The molecular weight excluding hydrogens is 356 g/mol. The van der Waals surface area contributed by atoms with E-state index in [1.54, 1.807) is 12.1 Å². The van der Waals surface area contributed by atoms with Gasteiger partial charge in [-0.1, -0.05) is 13.0 Å². The Kier molecular flexibility index (Phi) is 7.44. The molecule has 0 saturated heterocycles. The standard InChI is InChI=1S/C22H28N2O4/c1-5-6-23-18-8-14(2)7-17(11-18)13-28-22-15(3)9-19(10-16(22)4)24-20(25)12-21(26)27/h7-11,23H,5-6,12-13H2,1-4H3,(H,24,25)(H,26,27). The molecule has 0 spiro atoms. The molecule has 6 nitrogen and oxygen atoms in total. The third-order valence-corrected chi connectivity index (χ3v) is 4.16. The van der Waals surface area contributed by atoms with Gasteiger partial charge in [-0.3, -0.25) is 9.59 Å². The lowest BCUT2D eigenvalue weighted by Gasteiger charge is -2.16. The molecule has 0 aromatic heterocycles. The molecule has 1 amide bonds. The van der Waals surface area contributed by atoms with Gasteiger partial charge in [-0.25, -0.2) is 0 Å². The molecule has 0 atom stereocenters. The molecule has 0 aliphatic heterocycles. The summed E-state index contributed by atoms with van der Waals surface area (Å²) in [5, 5.41) is 14.7. The van der Waals surface area contributed by atoms with E-state index in [1.807, 2.05) is 13.8 Å². The first-order valence-electron chi connectivity index (χ1n) is 9.38. The van der Waals surface area contributed by atoms with Crippen molar-refractivity contribution >= 4 is 23.3 Å². The van der Waals surface area contributed by atoms with E-state index in [9.17, 15) is 9.59 Å². The minimum Gasteiger partial charge on any atom is -0.488 e. The van der Waals surface area contributed by atoms with Crippen molar-refractivity contribution < 1.29 is 19.4 Å². The van der Waals surface area contributed by atoms with Crippen LogP contribution in [0.1, 0.15) is 42.0 Å². The number of rotatable bonds is 9. The number of amides is 1. The maximum Gasteiger partial charge on any atom is 0.312 e. The van der Waals surface area contributed by atoms with Crippen LogP contribution in [0.5, 0.6) is 5.75 Å². The number of nitrogens with one attached hydrogen (secondary N) is 2. The van der Waals surface area contributed by atoms with E-state index >= 15 is 0 Å². The fraction of sp³-hybridized carbons (Fsp3) is 0.364. The summed E-state index contributed by atoms with van der Waals surface area (Å²) in [7, 11) is 0. The fourth-order valence-corrected chi connectivity index (χ4v) is 3.07. The summed E-state index contributed by atoms with van der Waals surface area (Å²) in [6.45, 7) is 9.36. The normalized spacial score (nSPS) is 10.4. The topological polar surface area (TPSA) is 87.7 Å². The molecular formula is C22H28N2O4. The Balaban J connectivity index is 2.09. The van der Waals surface area contributed by atoms with Crippen molar-refractivity contribution in [2.75, 3.05) is 17.2 Å². The van der Waals surface area contributed by atoms with Crippen LogP contribution in [0.3, 0.4) is 0 Å². The van der Waals surface area contributed by atoms with Crippen LogP contribution in [0.4, 0.5) is 11.4 Å². The molecule has 0 fully saturated rings. The fourth-order valence-electron chi connectivity index (χ4n) is 3.07. The lowest BCUT2D eigenvalue weighted by Crippen LogP contribution is -2.16. The first kappa shape index (κ1) is 21.3.